The second kappa shape index (κ2) is 2.52. The molecule has 0 bridgehead atoms. The van der Waals surface area contributed by atoms with Crippen molar-refractivity contribution in [3.8, 4) is 0 Å². The molecule has 5 nitrogen and oxygen atoms in total. The van der Waals surface area contributed by atoms with Crippen molar-refractivity contribution < 1.29 is 17.9 Å². The molecule has 2 heterocycles. The third-order valence-corrected chi connectivity index (χ3v) is 4.66. The van der Waals surface area contributed by atoms with E-state index in [1.54, 1.807) is 0 Å². The van der Waals surface area contributed by atoms with Crippen LogP contribution >= 0.6 is 0 Å². The molecule has 13 heavy (non-hydrogen) atoms. The van der Waals surface area contributed by atoms with Gasteiger partial charge in [0.25, 0.3) is 0 Å². The Labute approximate surface area is 76.7 Å². The van der Waals surface area contributed by atoms with Crippen LogP contribution in [0, 0.1) is 0 Å². The van der Waals surface area contributed by atoms with Gasteiger partial charge in [-0.2, -0.15) is 4.31 Å². The van der Waals surface area contributed by atoms with Crippen molar-refractivity contribution in [1.82, 2.24) is 4.31 Å². The molecule has 2 saturated heterocycles. The van der Waals surface area contributed by atoms with E-state index in [2.05, 4.69) is 0 Å². The molecular weight excluding hydrogens is 194 g/mol. The quantitative estimate of drug-likeness (QED) is 0.508. The standard InChI is InChI=1S/C7H11NO4S/c1-8-7(2-3-12-5-7)6(9)4-13(8,10)11/h2-5H2,1H3. The minimum absolute atomic E-state index is 0.210. The first-order chi connectivity index (χ1) is 5.99. The first kappa shape index (κ1) is 9.11. The minimum Gasteiger partial charge on any atom is -0.379 e. The maximum Gasteiger partial charge on any atom is 0.222 e. The van der Waals surface area contributed by atoms with Crippen LogP contribution in [0.25, 0.3) is 0 Å². The molecule has 0 saturated carbocycles. The molecule has 0 aromatic carbocycles. The van der Waals surface area contributed by atoms with Crippen LogP contribution in [0.1, 0.15) is 6.42 Å². The fraction of sp³-hybridized carbons (Fsp3) is 0.857. The molecule has 1 atom stereocenters. The zero-order valence-corrected chi connectivity index (χ0v) is 8.13. The van der Waals surface area contributed by atoms with Gasteiger partial charge in [-0.3, -0.25) is 4.79 Å². The van der Waals surface area contributed by atoms with Crippen molar-refractivity contribution in [2.45, 2.75) is 12.0 Å². The smallest absolute Gasteiger partial charge is 0.222 e. The molecule has 0 aliphatic carbocycles. The molecule has 0 radical (unpaired) electrons. The summed E-state index contributed by atoms with van der Waals surface area (Å²) in [6.07, 6.45) is 0.488. The van der Waals surface area contributed by atoms with Crippen LogP contribution in [-0.4, -0.2) is 50.1 Å². The molecule has 2 aliphatic rings. The molecule has 6 heteroatoms. The van der Waals surface area contributed by atoms with Crippen LogP contribution < -0.4 is 0 Å². The van der Waals surface area contributed by atoms with Crippen LogP contribution in [0.5, 0.6) is 0 Å². The second-order valence-electron chi connectivity index (χ2n) is 3.48. The SMILES string of the molecule is CN1C2(CCOC2)C(=O)CS1(=O)=O. The summed E-state index contributed by atoms with van der Waals surface area (Å²) < 4.78 is 29.0. The van der Waals surface area contributed by atoms with Gasteiger partial charge in [0.2, 0.25) is 10.0 Å². The number of ether oxygens (including phenoxy) is 1. The number of rotatable bonds is 0. The summed E-state index contributed by atoms with van der Waals surface area (Å²) in [5.74, 6) is -0.597. The molecular formula is C7H11NO4S. The molecule has 0 N–H and O–H groups in total. The summed E-state index contributed by atoms with van der Waals surface area (Å²) in [4.78, 5) is 11.5. The number of hydrogen-bond donors (Lipinski definition) is 0. The van der Waals surface area contributed by atoms with Gasteiger partial charge in [-0.05, 0) is 6.42 Å². The number of Topliss-reactive ketones (excluding diaryl/α,β-unsaturated/α-hetero) is 1. The lowest BCUT2D eigenvalue weighted by Crippen LogP contribution is -2.47. The third kappa shape index (κ3) is 1.06. The van der Waals surface area contributed by atoms with Gasteiger partial charge in [-0.15, -0.1) is 0 Å². The Kier molecular flexibility index (Phi) is 1.77. The average Bonchev–Trinajstić information content (AvgIpc) is 2.55. The summed E-state index contributed by atoms with van der Waals surface area (Å²) in [6.45, 7) is 0.674. The van der Waals surface area contributed by atoms with Crippen molar-refractivity contribution >= 4 is 15.8 Å². The lowest BCUT2D eigenvalue weighted by Gasteiger charge is -2.25. The maximum atomic E-state index is 11.5. The van der Waals surface area contributed by atoms with Gasteiger partial charge in [-0.1, -0.05) is 0 Å². The van der Waals surface area contributed by atoms with Crippen LogP contribution in [0.3, 0.4) is 0 Å². The normalized spacial score (nSPS) is 39.0. The first-order valence-electron chi connectivity index (χ1n) is 4.07. The average molecular weight is 205 g/mol. The predicted octanol–water partition coefficient (Wildman–Crippen LogP) is -1.01. The molecule has 2 rings (SSSR count). The number of carbonyl (C=O) groups excluding carboxylic acids is 1. The number of hydrogen-bond acceptors (Lipinski definition) is 4. The highest BCUT2D eigenvalue weighted by Crippen LogP contribution is 2.34. The highest BCUT2D eigenvalue weighted by atomic mass is 32.2. The van der Waals surface area contributed by atoms with E-state index >= 15 is 0 Å². The van der Waals surface area contributed by atoms with E-state index in [9.17, 15) is 13.2 Å². The Morgan fingerprint density at radius 2 is 2.23 bits per heavy atom. The molecule has 74 valence electrons. The molecule has 0 aromatic rings. The summed E-state index contributed by atoms with van der Waals surface area (Å²) in [7, 11) is -1.91. The van der Waals surface area contributed by atoms with Crippen molar-refractivity contribution in [1.29, 1.82) is 0 Å². The van der Waals surface area contributed by atoms with Gasteiger partial charge in [0, 0.05) is 13.7 Å². The third-order valence-electron chi connectivity index (χ3n) is 2.85. The molecule has 0 aromatic heterocycles. The van der Waals surface area contributed by atoms with Crippen molar-refractivity contribution in [2.75, 3.05) is 26.0 Å². The van der Waals surface area contributed by atoms with Crippen molar-refractivity contribution in [3.63, 3.8) is 0 Å². The summed E-state index contributed by atoms with van der Waals surface area (Å²) in [5, 5.41) is 0. The summed E-state index contributed by atoms with van der Waals surface area (Å²) in [6, 6.07) is 0. The first-order valence-corrected chi connectivity index (χ1v) is 5.68. The van der Waals surface area contributed by atoms with Gasteiger partial charge in [0.05, 0.1) is 6.61 Å². The Balaban J connectivity index is 2.45. The van der Waals surface area contributed by atoms with Crippen LogP contribution in [0.4, 0.5) is 0 Å². The fourth-order valence-electron chi connectivity index (χ4n) is 1.86. The van der Waals surface area contributed by atoms with E-state index in [1.165, 1.54) is 11.4 Å². The molecule has 1 unspecified atom stereocenters. The zero-order chi connectivity index (χ0) is 9.69. The zero-order valence-electron chi connectivity index (χ0n) is 7.32. The van der Waals surface area contributed by atoms with Crippen molar-refractivity contribution in [2.24, 2.45) is 0 Å². The Morgan fingerprint density at radius 1 is 1.54 bits per heavy atom. The van der Waals surface area contributed by atoms with E-state index in [1.807, 2.05) is 0 Å². The lowest BCUT2D eigenvalue weighted by molar-refractivity contribution is -0.123. The summed E-state index contributed by atoms with van der Waals surface area (Å²) in [5.41, 5.74) is -0.876. The van der Waals surface area contributed by atoms with E-state index < -0.39 is 15.6 Å². The summed E-state index contributed by atoms with van der Waals surface area (Å²) >= 11 is 0. The molecule has 0 amide bonds. The topological polar surface area (TPSA) is 63.7 Å². The van der Waals surface area contributed by atoms with Gasteiger partial charge < -0.3 is 4.74 Å². The highest BCUT2D eigenvalue weighted by molar-refractivity contribution is 7.90. The van der Waals surface area contributed by atoms with Gasteiger partial charge in [-0.25, -0.2) is 8.42 Å². The van der Waals surface area contributed by atoms with E-state index in [0.717, 1.165) is 0 Å². The Morgan fingerprint density at radius 3 is 2.62 bits per heavy atom. The molecule has 2 aliphatic heterocycles. The van der Waals surface area contributed by atoms with Crippen LogP contribution in [0.2, 0.25) is 0 Å². The molecule has 2 fully saturated rings. The fourth-order valence-corrected chi connectivity index (χ4v) is 3.43. The van der Waals surface area contributed by atoms with Gasteiger partial charge >= 0.3 is 0 Å². The van der Waals surface area contributed by atoms with Crippen LogP contribution in [-0.2, 0) is 19.6 Å². The maximum absolute atomic E-state index is 11.5. The van der Waals surface area contributed by atoms with E-state index in [4.69, 9.17) is 4.74 Å². The number of nitrogens with zero attached hydrogens (tertiary/aromatic N) is 1. The highest BCUT2D eigenvalue weighted by Gasteiger charge is 2.56. The Bertz CT molecular complexity index is 342. The van der Waals surface area contributed by atoms with E-state index in [0.29, 0.717) is 13.0 Å². The van der Waals surface area contributed by atoms with Gasteiger partial charge in [0.1, 0.15) is 11.3 Å². The van der Waals surface area contributed by atoms with E-state index in [-0.39, 0.29) is 18.1 Å². The number of likely N-dealkylation sites (N-methyl/N-ethyl adjacent to an activating group) is 1. The van der Waals surface area contributed by atoms with Gasteiger partial charge in [0.15, 0.2) is 5.78 Å². The second-order valence-corrected chi connectivity index (χ2v) is 5.48. The number of carbonyl (C=O) groups is 1. The monoisotopic (exact) mass is 205 g/mol. The van der Waals surface area contributed by atoms with Crippen molar-refractivity contribution in [3.05, 3.63) is 0 Å². The lowest BCUT2D eigenvalue weighted by atomic mass is 9.94. The Hall–Kier alpha value is -0.460. The molecule has 1 spiro atoms. The predicted molar refractivity (Wildman–Crippen MR) is 44.7 cm³/mol. The largest absolute Gasteiger partial charge is 0.379 e. The van der Waals surface area contributed by atoms with Crippen LogP contribution in [0.15, 0.2) is 0 Å². The number of ketones is 1. The minimum atomic E-state index is -3.36. The number of sulfonamides is 1.